The maximum atomic E-state index is 16.3. The number of aromatic amines is 1. The molecule has 3 aliphatic heterocycles. The predicted octanol–water partition coefficient (Wildman–Crippen LogP) is 7.31. The van der Waals surface area contributed by atoms with Crippen molar-refractivity contribution in [3.63, 3.8) is 0 Å². The fraction of sp³-hybridized carbons (Fsp3) is 0.432. The third-order valence-electron chi connectivity index (χ3n) is 9.89. The molecule has 2 saturated carbocycles. The summed E-state index contributed by atoms with van der Waals surface area (Å²) in [4.78, 5) is 23.1. The highest BCUT2D eigenvalue weighted by Crippen LogP contribution is 2.43. The van der Waals surface area contributed by atoms with Crippen LogP contribution in [0.25, 0.3) is 32.9 Å². The van der Waals surface area contributed by atoms with Crippen molar-refractivity contribution in [3.05, 3.63) is 75.0 Å². The second-order valence-electron chi connectivity index (χ2n) is 13.6. The Kier molecular flexibility index (Phi) is 10.7. The molecule has 2 aromatic heterocycles. The molecular formula is C37H43Cl2FN8O. The Labute approximate surface area is 296 Å². The Morgan fingerprint density at radius 2 is 2.00 bits per heavy atom. The summed E-state index contributed by atoms with van der Waals surface area (Å²) in [6, 6.07) is 12.2. The van der Waals surface area contributed by atoms with Gasteiger partial charge in [-0.2, -0.15) is 5.26 Å². The smallest absolute Gasteiger partial charge is 0.226 e. The van der Waals surface area contributed by atoms with Crippen LogP contribution in [0.5, 0.6) is 0 Å². The average molecular weight is 706 g/mol. The second kappa shape index (κ2) is 14.9. The summed E-state index contributed by atoms with van der Waals surface area (Å²) >= 11 is 12.8. The van der Waals surface area contributed by atoms with E-state index in [1.165, 1.54) is 25.6 Å². The molecule has 9 rings (SSSR count). The molecular weight excluding hydrogens is 662 g/mol. The first-order valence-corrected chi connectivity index (χ1v) is 17.7. The normalized spacial score (nSPS) is 21.0. The van der Waals surface area contributed by atoms with Gasteiger partial charge in [0.2, 0.25) is 5.91 Å². The van der Waals surface area contributed by atoms with E-state index in [4.69, 9.17) is 34.8 Å². The Hall–Kier alpha value is -3.88. The number of halogens is 3. The minimum Gasteiger partial charge on any atom is -0.401 e. The lowest BCUT2D eigenvalue weighted by molar-refractivity contribution is -0.133. The minimum atomic E-state index is -0.484. The maximum absolute atomic E-state index is 16.3. The van der Waals surface area contributed by atoms with Gasteiger partial charge in [-0.3, -0.25) is 10.6 Å². The number of fused-ring (bicyclic) bond motifs is 4. The molecule has 1 unspecified atom stereocenters. The number of rotatable bonds is 6. The molecule has 1 atom stereocenters. The molecule has 5 heterocycles. The summed E-state index contributed by atoms with van der Waals surface area (Å²) in [5.74, 6) is 5.83. The van der Waals surface area contributed by atoms with Gasteiger partial charge in [0.25, 0.3) is 0 Å². The van der Waals surface area contributed by atoms with Crippen molar-refractivity contribution in [1.29, 1.82) is 5.26 Å². The highest BCUT2D eigenvalue weighted by molar-refractivity contribution is 6.43. The van der Waals surface area contributed by atoms with Crippen LogP contribution >= 0.6 is 23.2 Å². The van der Waals surface area contributed by atoms with Crippen LogP contribution in [0.2, 0.25) is 10.0 Å². The number of H-pyrrole nitrogens is 1. The van der Waals surface area contributed by atoms with Gasteiger partial charge in [0, 0.05) is 70.1 Å². The molecule has 258 valence electrons. The summed E-state index contributed by atoms with van der Waals surface area (Å²) in [6.45, 7) is 5.70. The molecule has 49 heavy (non-hydrogen) atoms. The molecule has 2 bridgehead atoms. The third-order valence-corrected chi connectivity index (χ3v) is 10.7. The van der Waals surface area contributed by atoms with Gasteiger partial charge in [0.1, 0.15) is 5.52 Å². The maximum Gasteiger partial charge on any atom is 0.226 e. The van der Waals surface area contributed by atoms with Crippen LogP contribution in [0.4, 0.5) is 4.39 Å². The number of aryl methyl sites for hydroxylation is 2. The Morgan fingerprint density at radius 3 is 2.59 bits per heavy atom. The first kappa shape index (κ1) is 35.0. The molecule has 4 aromatic rings. The van der Waals surface area contributed by atoms with E-state index in [0.29, 0.717) is 44.9 Å². The highest BCUT2D eigenvalue weighted by atomic mass is 35.5. The lowest BCUT2D eigenvalue weighted by Crippen LogP contribution is -2.31. The quantitative estimate of drug-likeness (QED) is 0.104. The van der Waals surface area contributed by atoms with E-state index in [1.807, 2.05) is 17.9 Å². The number of nitriles is 1. The summed E-state index contributed by atoms with van der Waals surface area (Å²) in [7, 11) is 0. The number of amides is 1. The first-order valence-electron chi connectivity index (χ1n) is 17.0. The number of likely N-dealkylation sites (tertiary alicyclic amines) is 1. The van der Waals surface area contributed by atoms with Crippen LogP contribution in [0.1, 0.15) is 74.9 Å². The number of allylic oxidation sites excluding steroid dienone is 1. The number of nitrogens with zero attached hydrogens (tertiary/aromatic N) is 3. The van der Waals surface area contributed by atoms with Gasteiger partial charge in [-0.15, -0.1) is 0 Å². The zero-order valence-corrected chi connectivity index (χ0v) is 29.4. The molecule has 2 aromatic carbocycles. The van der Waals surface area contributed by atoms with E-state index >= 15 is 4.39 Å². The number of hydrogen-bond donors (Lipinski definition) is 5. The van der Waals surface area contributed by atoms with Crippen molar-refractivity contribution < 1.29 is 9.18 Å². The van der Waals surface area contributed by atoms with E-state index in [2.05, 4.69) is 32.8 Å². The highest BCUT2D eigenvalue weighted by Gasteiger charge is 2.39. The number of hydrazine groups is 1. The summed E-state index contributed by atoms with van der Waals surface area (Å²) in [5, 5.41) is 14.8. The second-order valence-corrected chi connectivity index (χ2v) is 14.3. The number of pyridine rings is 1. The van der Waals surface area contributed by atoms with Crippen LogP contribution in [0, 0.1) is 35.9 Å². The van der Waals surface area contributed by atoms with E-state index in [9.17, 15) is 10.1 Å². The van der Waals surface area contributed by atoms with Gasteiger partial charge in [-0.25, -0.2) is 9.37 Å². The lowest BCUT2D eigenvalue weighted by atomic mass is 9.87. The fourth-order valence-corrected chi connectivity index (χ4v) is 7.60. The molecule has 5 aliphatic rings. The molecule has 2 aliphatic carbocycles. The number of aromatic nitrogens is 2. The zero-order valence-electron chi connectivity index (χ0n) is 27.9. The van der Waals surface area contributed by atoms with Crippen LogP contribution in [-0.4, -0.2) is 39.9 Å². The van der Waals surface area contributed by atoms with E-state index in [1.54, 1.807) is 25.1 Å². The fourth-order valence-electron chi connectivity index (χ4n) is 7.20. The van der Waals surface area contributed by atoms with Gasteiger partial charge in [-0.05, 0) is 95.0 Å². The minimum absolute atomic E-state index is 0.0117. The van der Waals surface area contributed by atoms with Crippen molar-refractivity contribution in [3.8, 4) is 17.2 Å². The third kappa shape index (κ3) is 7.36. The van der Waals surface area contributed by atoms with Crippen molar-refractivity contribution in [2.45, 2.75) is 77.3 Å². The molecule has 7 N–H and O–H groups in total. The molecule has 9 nitrogen and oxygen atoms in total. The average Bonchev–Trinajstić information content (AvgIpc) is 3.47. The largest absolute Gasteiger partial charge is 0.401 e. The Bertz CT molecular complexity index is 1930. The summed E-state index contributed by atoms with van der Waals surface area (Å²) < 4.78 is 16.3. The van der Waals surface area contributed by atoms with Crippen LogP contribution in [0.15, 0.2) is 42.2 Å². The summed E-state index contributed by atoms with van der Waals surface area (Å²) in [6.07, 6.45) is 8.87. The van der Waals surface area contributed by atoms with E-state index < -0.39 is 5.82 Å². The number of nitrogens with one attached hydrogen (secondary N) is 3. The van der Waals surface area contributed by atoms with E-state index in [0.717, 1.165) is 60.8 Å². The monoisotopic (exact) mass is 704 g/mol. The topological polar surface area (TPSA) is 149 Å². The van der Waals surface area contributed by atoms with Crippen molar-refractivity contribution in [1.82, 2.24) is 25.6 Å². The molecule has 0 spiro atoms. The zero-order chi connectivity index (χ0) is 34.8. The number of benzene rings is 2. The number of nitrogens with two attached hydrogens (primary N) is 2. The van der Waals surface area contributed by atoms with Crippen LogP contribution < -0.4 is 22.3 Å². The van der Waals surface area contributed by atoms with Gasteiger partial charge in [0.05, 0.1) is 27.7 Å². The first-order chi connectivity index (χ1) is 23.6. The Balaban J connectivity index is 0.000000292. The molecule has 12 heteroatoms. The SMILES string of the molecule is C/C(N)=C/NN.C1NC2CC1C2.Cc1nc2c(F)c(-c3cccc(Cl)c3Cl)c(CCC#N)cc2c2[nH]c(C3CCCN3C(=O)C3CC3)cc12. The number of carbonyl (C=O) groups is 1. The van der Waals surface area contributed by atoms with E-state index in [-0.39, 0.29) is 34.8 Å². The van der Waals surface area contributed by atoms with Crippen molar-refractivity contribution in [2.75, 3.05) is 13.1 Å². The van der Waals surface area contributed by atoms with Crippen molar-refractivity contribution in [2.24, 2.45) is 23.4 Å². The van der Waals surface area contributed by atoms with Gasteiger partial charge in [-0.1, -0.05) is 35.3 Å². The molecule has 3 saturated heterocycles. The molecule has 0 radical (unpaired) electrons. The summed E-state index contributed by atoms with van der Waals surface area (Å²) in [5.41, 5.74) is 12.3. The molecule has 1 amide bonds. The standard InChI is InChI=1S/C29H25Cl2FN4O.C5H9N.C3H9N3/c1-15-19-14-22(23-8-4-12-36(23)29(37)16-9-10-16)35-27(19)20-13-17(5-3-11-33)24(26(32)28(20)34-15)18-6-2-7-21(30)25(18)31;1-4-2-5(1)6-3-4;1-3(4)2-6-5/h2,6-7,13-14,16,23,35H,3-5,8-10,12H2,1H3;4-6H,1-3H2;2,6H,4-5H2,1H3/b;;3-2-. The number of carbonyl (C=O) groups excluding carboxylic acids is 1. The Morgan fingerprint density at radius 1 is 1.22 bits per heavy atom. The van der Waals surface area contributed by atoms with Crippen LogP contribution in [-0.2, 0) is 11.2 Å². The van der Waals surface area contributed by atoms with Crippen molar-refractivity contribution >= 4 is 50.9 Å². The van der Waals surface area contributed by atoms with Gasteiger partial charge in [0.15, 0.2) is 5.82 Å². The number of hydrogen-bond acceptors (Lipinski definition) is 7. The van der Waals surface area contributed by atoms with Gasteiger partial charge < -0.3 is 26.4 Å². The van der Waals surface area contributed by atoms with Gasteiger partial charge >= 0.3 is 0 Å². The van der Waals surface area contributed by atoms with Crippen LogP contribution in [0.3, 0.4) is 0 Å². The molecule has 5 fully saturated rings. The lowest BCUT2D eigenvalue weighted by Gasteiger charge is -2.24. The predicted molar refractivity (Wildman–Crippen MR) is 194 cm³/mol.